The van der Waals surface area contributed by atoms with E-state index in [-0.39, 0.29) is 0 Å². The van der Waals surface area contributed by atoms with Crippen LogP contribution in [-0.2, 0) is 11.2 Å². The van der Waals surface area contributed by atoms with Crippen molar-refractivity contribution in [2.75, 3.05) is 25.1 Å². The Labute approximate surface area is 110 Å². The molecule has 2 N–H and O–H groups in total. The zero-order valence-corrected chi connectivity index (χ0v) is 11.6. The van der Waals surface area contributed by atoms with Gasteiger partial charge in [-0.3, -0.25) is 0 Å². The fourth-order valence-electron chi connectivity index (χ4n) is 2.84. The summed E-state index contributed by atoms with van der Waals surface area (Å²) >= 11 is 0. The van der Waals surface area contributed by atoms with Crippen molar-refractivity contribution < 1.29 is 4.74 Å². The Morgan fingerprint density at radius 1 is 1.44 bits per heavy atom. The lowest BCUT2D eigenvalue weighted by Gasteiger charge is -2.30. The molecular weight excluding hydrogens is 224 g/mol. The van der Waals surface area contributed by atoms with E-state index in [2.05, 4.69) is 44.0 Å². The summed E-state index contributed by atoms with van der Waals surface area (Å²) in [5, 5.41) is 0. The second kappa shape index (κ2) is 5.72. The van der Waals surface area contributed by atoms with Gasteiger partial charge in [0.25, 0.3) is 0 Å². The quantitative estimate of drug-likeness (QED) is 0.887. The number of anilines is 1. The first-order valence-electron chi connectivity index (χ1n) is 6.77. The number of nitrogens with two attached hydrogens (primary N) is 1. The molecule has 1 aliphatic heterocycles. The van der Waals surface area contributed by atoms with Gasteiger partial charge in [-0.2, -0.15) is 0 Å². The third kappa shape index (κ3) is 2.68. The molecule has 3 heteroatoms. The summed E-state index contributed by atoms with van der Waals surface area (Å²) in [4.78, 5) is 2.36. The molecule has 18 heavy (non-hydrogen) atoms. The van der Waals surface area contributed by atoms with Gasteiger partial charge < -0.3 is 15.4 Å². The van der Waals surface area contributed by atoms with Crippen LogP contribution in [0.25, 0.3) is 0 Å². The van der Waals surface area contributed by atoms with Crippen molar-refractivity contribution in [2.45, 2.75) is 38.8 Å². The van der Waals surface area contributed by atoms with Gasteiger partial charge in [0, 0.05) is 19.3 Å². The number of rotatable bonds is 4. The first-order valence-corrected chi connectivity index (χ1v) is 6.77. The number of benzene rings is 1. The topological polar surface area (TPSA) is 38.5 Å². The largest absolute Gasteiger partial charge is 0.376 e. The highest BCUT2D eigenvalue weighted by Gasteiger charge is 2.28. The Balaban J connectivity index is 2.17. The smallest absolute Gasteiger partial charge is 0.0750 e. The van der Waals surface area contributed by atoms with Crippen molar-refractivity contribution in [3.63, 3.8) is 0 Å². The third-order valence-electron chi connectivity index (χ3n) is 3.91. The van der Waals surface area contributed by atoms with Crippen LogP contribution in [-0.4, -0.2) is 32.3 Å². The van der Waals surface area contributed by atoms with Crippen LogP contribution >= 0.6 is 0 Å². The summed E-state index contributed by atoms with van der Waals surface area (Å²) in [6.45, 7) is 5.92. The van der Waals surface area contributed by atoms with Gasteiger partial charge in [0.15, 0.2) is 0 Å². The molecule has 100 valence electrons. The zero-order chi connectivity index (χ0) is 13.1. The molecule has 1 fully saturated rings. The van der Waals surface area contributed by atoms with Crippen LogP contribution in [0, 0.1) is 6.92 Å². The van der Waals surface area contributed by atoms with E-state index in [1.807, 2.05) is 0 Å². The van der Waals surface area contributed by atoms with E-state index in [1.165, 1.54) is 16.8 Å². The summed E-state index contributed by atoms with van der Waals surface area (Å²) in [6.07, 6.45) is 2.38. The van der Waals surface area contributed by atoms with Crippen molar-refractivity contribution in [3.05, 3.63) is 29.3 Å². The summed E-state index contributed by atoms with van der Waals surface area (Å²) in [5.74, 6) is 0. The standard InChI is InChI=1S/C15H24N2O/c1-11-10-13(6-8-16)4-5-14(11)17(3)15-7-9-18-12(15)2/h4-5,10,12,15H,6-9,16H2,1-3H3. The lowest BCUT2D eigenvalue weighted by molar-refractivity contribution is 0.118. The van der Waals surface area contributed by atoms with E-state index < -0.39 is 0 Å². The average molecular weight is 248 g/mol. The van der Waals surface area contributed by atoms with Gasteiger partial charge in [0.05, 0.1) is 12.1 Å². The van der Waals surface area contributed by atoms with Gasteiger partial charge in [-0.15, -0.1) is 0 Å². The Kier molecular flexibility index (Phi) is 4.25. The predicted molar refractivity (Wildman–Crippen MR) is 76.2 cm³/mol. The van der Waals surface area contributed by atoms with Crippen LogP contribution in [0.3, 0.4) is 0 Å². The summed E-state index contributed by atoms with van der Waals surface area (Å²) in [5.41, 5.74) is 9.55. The Morgan fingerprint density at radius 2 is 2.22 bits per heavy atom. The van der Waals surface area contributed by atoms with Crippen molar-refractivity contribution in [1.29, 1.82) is 0 Å². The zero-order valence-electron chi connectivity index (χ0n) is 11.6. The molecule has 0 saturated carbocycles. The number of hydrogen-bond acceptors (Lipinski definition) is 3. The number of likely N-dealkylation sites (N-methyl/N-ethyl adjacent to an activating group) is 1. The maximum absolute atomic E-state index is 5.65. The lowest BCUT2D eigenvalue weighted by atomic mass is 10.0. The fourth-order valence-corrected chi connectivity index (χ4v) is 2.84. The van der Waals surface area contributed by atoms with Gasteiger partial charge >= 0.3 is 0 Å². The fraction of sp³-hybridized carbons (Fsp3) is 0.600. The summed E-state index contributed by atoms with van der Waals surface area (Å²) in [7, 11) is 2.17. The van der Waals surface area contributed by atoms with Gasteiger partial charge in [0.2, 0.25) is 0 Å². The molecule has 2 unspecified atom stereocenters. The van der Waals surface area contributed by atoms with Crippen LogP contribution in [0.5, 0.6) is 0 Å². The minimum Gasteiger partial charge on any atom is -0.376 e. The molecule has 0 radical (unpaired) electrons. The molecule has 1 heterocycles. The monoisotopic (exact) mass is 248 g/mol. The predicted octanol–water partition coefficient (Wildman–Crippen LogP) is 2.11. The molecule has 1 aliphatic rings. The van der Waals surface area contributed by atoms with E-state index >= 15 is 0 Å². The second-order valence-corrected chi connectivity index (χ2v) is 5.20. The summed E-state index contributed by atoms with van der Waals surface area (Å²) in [6, 6.07) is 7.14. The molecule has 1 aromatic rings. The lowest BCUT2D eigenvalue weighted by Crippen LogP contribution is -2.37. The second-order valence-electron chi connectivity index (χ2n) is 5.20. The summed E-state index contributed by atoms with van der Waals surface area (Å²) < 4.78 is 5.65. The molecule has 0 amide bonds. The highest BCUT2D eigenvalue weighted by Crippen LogP contribution is 2.27. The Morgan fingerprint density at radius 3 is 2.78 bits per heavy atom. The van der Waals surface area contributed by atoms with Crippen molar-refractivity contribution in [2.24, 2.45) is 5.73 Å². The molecule has 0 aromatic heterocycles. The molecule has 2 rings (SSSR count). The Hall–Kier alpha value is -1.06. The maximum atomic E-state index is 5.65. The van der Waals surface area contributed by atoms with E-state index in [0.717, 1.165) is 19.4 Å². The molecule has 3 nitrogen and oxygen atoms in total. The minimum absolute atomic E-state index is 0.318. The van der Waals surface area contributed by atoms with Crippen LogP contribution in [0.2, 0.25) is 0 Å². The minimum atomic E-state index is 0.318. The van der Waals surface area contributed by atoms with E-state index in [9.17, 15) is 0 Å². The van der Waals surface area contributed by atoms with E-state index in [4.69, 9.17) is 10.5 Å². The molecule has 2 atom stereocenters. The van der Waals surface area contributed by atoms with E-state index in [1.54, 1.807) is 0 Å². The first kappa shape index (κ1) is 13.4. The number of aryl methyl sites for hydroxylation is 1. The molecular formula is C15H24N2O. The average Bonchev–Trinajstić information content (AvgIpc) is 2.75. The van der Waals surface area contributed by atoms with Crippen LogP contribution < -0.4 is 10.6 Å². The first-order chi connectivity index (χ1) is 8.63. The van der Waals surface area contributed by atoms with Crippen molar-refractivity contribution >= 4 is 5.69 Å². The third-order valence-corrected chi connectivity index (χ3v) is 3.91. The van der Waals surface area contributed by atoms with E-state index in [0.29, 0.717) is 18.7 Å². The van der Waals surface area contributed by atoms with Crippen molar-refractivity contribution in [1.82, 2.24) is 0 Å². The molecule has 0 aliphatic carbocycles. The molecule has 1 aromatic carbocycles. The van der Waals surface area contributed by atoms with Gasteiger partial charge in [0.1, 0.15) is 0 Å². The molecule has 0 spiro atoms. The molecule has 1 saturated heterocycles. The van der Waals surface area contributed by atoms with Crippen LogP contribution in [0.15, 0.2) is 18.2 Å². The Bertz CT molecular complexity index is 405. The van der Waals surface area contributed by atoms with Crippen LogP contribution in [0.1, 0.15) is 24.5 Å². The number of nitrogens with zero attached hydrogens (tertiary/aromatic N) is 1. The normalized spacial score (nSPS) is 23.3. The van der Waals surface area contributed by atoms with Crippen molar-refractivity contribution in [3.8, 4) is 0 Å². The SMILES string of the molecule is Cc1cc(CCN)ccc1N(C)C1CCOC1C. The number of ether oxygens (including phenoxy) is 1. The highest BCUT2D eigenvalue weighted by molar-refractivity contribution is 5.55. The van der Waals surface area contributed by atoms with Crippen LogP contribution in [0.4, 0.5) is 5.69 Å². The van der Waals surface area contributed by atoms with Gasteiger partial charge in [-0.25, -0.2) is 0 Å². The maximum Gasteiger partial charge on any atom is 0.0750 e. The number of hydrogen-bond donors (Lipinski definition) is 1. The molecule has 0 bridgehead atoms. The van der Waals surface area contributed by atoms with Gasteiger partial charge in [-0.1, -0.05) is 12.1 Å². The highest BCUT2D eigenvalue weighted by atomic mass is 16.5. The van der Waals surface area contributed by atoms with Gasteiger partial charge in [-0.05, 0) is 50.4 Å².